The largest absolute Gasteiger partial charge is 0.462 e. The summed E-state index contributed by atoms with van der Waals surface area (Å²) in [5.74, 6) is -0.353. The van der Waals surface area contributed by atoms with Crippen molar-refractivity contribution >= 4 is 22.7 Å². The number of nitrogens with zero attached hydrogens (tertiary/aromatic N) is 5. The van der Waals surface area contributed by atoms with Gasteiger partial charge in [0.25, 0.3) is 0 Å². The van der Waals surface area contributed by atoms with Crippen LogP contribution in [0.2, 0.25) is 0 Å². The molecule has 0 aliphatic carbocycles. The van der Waals surface area contributed by atoms with E-state index in [1.807, 2.05) is 11.6 Å². The summed E-state index contributed by atoms with van der Waals surface area (Å²) in [5, 5.41) is 14.4. The van der Waals surface area contributed by atoms with Crippen LogP contribution >= 0.6 is 0 Å². The first kappa shape index (κ1) is 17.6. The fraction of sp³-hybridized carbons (Fsp3) is 0.588. The molecular weight excluding hydrogens is 322 g/mol. The molecule has 0 aromatic carbocycles. The smallest absolute Gasteiger partial charge is 0.341 e. The Balaban J connectivity index is 1.99. The van der Waals surface area contributed by atoms with E-state index in [9.17, 15) is 4.79 Å². The van der Waals surface area contributed by atoms with Crippen molar-refractivity contribution in [3.63, 3.8) is 0 Å². The molecule has 2 aromatic rings. The molecule has 3 heterocycles. The van der Waals surface area contributed by atoms with Crippen LogP contribution in [0.3, 0.4) is 0 Å². The number of aryl methyl sites for hydroxylation is 1. The number of β-amino-alcohol motifs (C(OH)–C–C–N with tert-alkyl or cyclic N) is 1. The maximum absolute atomic E-state index is 12.4. The van der Waals surface area contributed by atoms with Crippen molar-refractivity contribution in [3.05, 3.63) is 18.0 Å². The van der Waals surface area contributed by atoms with Gasteiger partial charge in [-0.15, -0.1) is 0 Å². The van der Waals surface area contributed by atoms with Gasteiger partial charge in [0.05, 0.1) is 30.5 Å². The van der Waals surface area contributed by atoms with E-state index in [0.717, 1.165) is 49.4 Å². The predicted octanol–water partition coefficient (Wildman–Crippen LogP) is 0.742. The minimum absolute atomic E-state index is 0.164. The highest BCUT2D eigenvalue weighted by molar-refractivity contribution is 6.04. The van der Waals surface area contributed by atoms with E-state index in [1.165, 1.54) is 0 Å². The molecule has 0 radical (unpaired) electrons. The van der Waals surface area contributed by atoms with Gasteiger partial charge in [0.15, 0.2) is 5.65 Å². The van der Waals surface area contributed by atoms with Crippen molar-refractivity contribution in [2.75, 3.05) is 50.8 Å². The Morgan fingerprint density at radius 1 is 1.24 bits per heavy atom. The molecule has 0 unspecified atom stereocenters. The number of anilines is 1. The molecule has 3 rings (SSSR count). The number of fused-ring (bicyclic) bond motifs is 1. The fourth-order valence-corrected chi connectivity index (χ4v) is 3.28. The van der Waals surface area contributed by atoms with Crippen LogP contribution in [0.4, 0.5) is 5.69 Å². The standard InChI is InChI=1S/C17H25N5O3/c1-3-22-16-13(12-19-22)15(14(11-18-16)17(24)25-4-2)21-7-5-20(6-8-21)9-10-23/h11-12,23H,3-10H2,1-2H3. The van der Waals surface area contributed by atoms with Crippen LogP contribution in [-0.2, 0) is 11.3 Å². The van der Waals surface area contributed by atoms with Gasteiger partial charge in [-0.2, -0.15) is 5.10 Å². The van der Waals surface area contributed by atoms with E-state index >= 15 is 0 Å². The van der Waals surface area contributed by atoms with Crippen molar-refractivity contribution in [1.82, 2.24) is 19.7 Å². The second kappa shape index (κ2) is 7.79. The lowest BCUT2D eigenvalue weighted by Crippen LogP contribution is -2.47. The molecule has 0 saturated carbocycles. The third-order valence-electron chi connectivity index (χ3n) is 4.54. The van der Waals surface area contributed by atoms with Crippen LogP contribution in [0, 0.1) is 0 Å². The number of rotatable bonds is 6. The predicted molar refractivity (Wildman–Crippen MR) is 94.9 cm³/mol. The molecular formula is C17H25N5O3. The van der Waals surface area contributed by atoms with Crippen LogP contribution in [0.5, 0.6) is 0 Å². The van der Waals surface area contributed by atoms with Crippen molar-refractivity contribution in [3.8, 4) is 0 Å². The number of hydrogen-bond acceptors (Lipinski definition) is 7. The number of piperazine rings is 1. The number of carbonyl (C=O) groups is 1. The number of carbonyl (C=O) groups excluding carboxylic acids is 1. The summed E-state index contributed by atoms with van der Waals surface area (Å²) in [5.41, 5.74) is 2.12. The summed E-state index contributed by atoms with van der Waals surface area (Å²) in [7, 11) is 0. The molecule has 8 nitrogen and oxygen atoms in total. The number of pyridine rings is 1. The molecule has 1 aliphatic rings. The van der Waals surface area contributed by atoms with E-state index < -0.39 is 0 Å². The maximum atomic E-state index is 12.4. The van der Waals surface area contributed by atoms with Crippen LogP contribution in [0.25, 0.3) is 11.0 Å². The van der Waals surface area contributed by atoms with Crippen LogP contribution < -0.4 is 4.90 Å². The Hall–Kier alpha value is -2.19. The normalized spacial score (nSPS) is 15.7. The number of aromatic nitrogens is 3. The third-order valence-corrected chi connectivity index (χ3v) is 4.54. The second-order valence-electron chi connectivity index (χ2n) is 5.99. The summed E-state index contributed by atoms with van der Waals surface area (Å²) in [6.45, 7) is 8.95. The Morgan fingerprint density at radius 2 is 2.00 bits per heavy atom. The second-order valence-corrected chi connectivity index (χ2v) is 5.99. The van der Waals surface area contributed by atoms with E-state index in [-0.39, 0.29) is 12.6 Å². The molecule has 1 fully saturated rings. The zero-order valence-corrected chi connectivity index (χ0v) is 14.8. The van der Waals surface area contributed by atoms with Gasteiger partial charge in [-0.3, -0.25) is 4.90 Å². The molecule has 0 amide bonds. The minimum Gasteiger partial charge on any atom is -0.462 e. The zero-order chi connectivity index (χ0) is 17.8. The van der Waals surface area contributed by atoms with Crippen LogP contribution in [0.1, 0.15) is 24.2 Å². The van der Waals surface area contributed by atoms with Crippen LogP contribution in [0.15, 0.2) is 12.4 Å². The number of hydrogen-bond donors (Lipinski definition) is 1. The van der Waals surface area contributed by atoms with Gasteiger partial charge in [0.1, 0.15) is 5.56 Å². The highest BCUT2D eigenvalue weighted by Crippen LogP contribution is 2.31. The lowest BCUT2D eigenvalue weighted by Gasteiger charge is -2.36. The van der Waals surface area contributed by atoms with E-state index in [0.29, 0.717) is 18.7 Å². The maximum Gasteiger partial charge on any atom is 0.341 e. The molecule has 1 aliphatic heterocycles. The van der Waals surface area contributed by atoms with Gasteiger partial charge in [-0.05, 0) is 13.8 Å². The van der Waals surface area contributed by atoms with Gasteiger partial charge in [-0.25, -0.2) is 14.5 Å². The molecule has 0 bridgehead atoms. The van der Waals surface area contributed by atoms with Crippen molar-refractivity contribution in [2.45, 2.75) is 20.4 Å². The summed E-state index contributed by atoms with van der Waals surface area (Å²) >= 11 is 0. The Kier molecular flexibility index (Phi) is 5.50. The van der Waals surface area contributed by atoms with Gasteiger partial charge in [0, 0.05) is 45.5 Å². The average Bonchev–Trinajstić information content (AvgIpc) is 3.05. The molecule has 25 heavy (non-hydrogen) atoms. The van der Waals surface area contributed by atoms with E-state index in [1.54, 1.807) is 19.3 Å². The Morgan fingerprint density at radius 3 is 2.64 bits per heavy atom. The number of ether oxygens (including phenoxy) is 1. The lowest BCUT2D eigenvalue weighted by atomic mass is 10.1. The molecule has 2 aromatic heterocycles. The SMILES string of the molecule is CCOC(=O)c1cnc2c(cnn2CC)c1N1CCN(CCO)CC1. The molecule has 0 atom stereocenters. The first-order valence-electron chi connectivity index (χ1n) is 8.79. The summed E-state index contributed by atoms with van der Waals surface area (Å²) in [6.07, 6.45) is 3.38. The van der Waals surface area contributed by atoms with Gasteiger partial charge in [-0.1, -0.05) is 0 Å². The molecule has 1 saturated heterocycles. The van der Waals surface area contributed by atoms with Gasteiger partial charge < -0.3 is 14.7 Å². The molecule has 0 spiro atoms. The van der Waals surface area contributed by atoms with Crippen molar-refractivity contribution < 1.29 is 14.6 Å². The Labute approximate surface area is 147 Å². The third kappa shape index (κ3) is 3.45. The van der Waals surface area contributed by atoms with Gasteiger partial charge >= 0.3 is 5.97 Å². The summed E-state index contributed by atoms with van der Waals surface area (Å²) in [4.78, 5) is 21.3. The average molecular weight is 347 g/mol. The minimum atomic E-state index is -0.353. The monoisotopic (exact) mass is 347 g/mol. The zero-order valence-electron chi connectivity index (χ0n) is 14.8. The molecule has 8 heteroatoms. The quantitative estimate of drug-likeness (QED) is 0.772. The van der Waals surface area contributed by atoms with E-state index in [2.05, 4.69) is 19.9 Å². The van der Waals surface area contributed by atoms with E-state index in [4.69, 9.17) is 9.84 Å². The van der Waals surface area contributed by atoms with Crippen LogP contribution in [-0.4, -0.2) is 76.7 Å². The number of esters is 1. The first-order chi connectivity index (χ1) is 12.2. The fourth-order valence-electron chi connectivity index (χ4n) is 3.28. The van der Waals surface area contributed by atoms with Crippen molar-refractivity contribution in [2.24, 2.45) is 0 Å². The molecule has 136 valence electrons. The summed E-state index contributed by atoms with van der Waals surface area (Å²) in [6, 6.07) is 0. The number of aliphatic hydroxyl groups is 1. The topological polar surface area (TPSA) is 83.7 Å². The van der Waals surface area contributed by atoms with Crippen molar-refractivity contribution in [1.29, 1.82) is 0 Å². The van der Waals surface area contributed by atoms with Gasteiger partial charge in [0.2, 0.25) is 0 Å². The molecule has 1 N–H and O–H groups in total. The Bertz CT molecular complexity index is 737. The lowest BCUT2D eigenvalue weighted by molar-refractivity contribution is 0.0526. The number of aliphatic hydroxyl groups excluding tert-OH is 1. The summed E-state index contributed by atoms with van der Waals surface area (Å²) < 4.78 is 7.05. The highest BCUT2D eigenvalue weighted by atomic mass is 16.5. The first-order valence-corrected chi connectivity index (χ1v) is 8.79. The highest BCUT2D eigenvalue weighted by Gasteiger charge is 2.26.